The van der Waals surface area contributed by atoms with Crippen LogP contribution < -0.4 is 15.5 Å². The van der Waals surface area contributed by atoms with Crippen LogP contribution in [0.3, 0.4) is 0 Å². The summed E-state index contributed by atoms with van der Waals surface area (Å²) in [5.74, 6) is -0.271. The fourth-order valence-electron chi connectivity index (χ4n) is 2.76. The van der Waals surface area contributed by atoms with E-state index in [0.717, 1.165) is 11.3 Å². The summed E-state index contributed by atoms with van der Waals surface area (Å²) in [4.78, 5) is 27.0. The average molecular weight is 398 g/mol. The molecule has 1 atom stereocenters. The summed E-state index contributed by atoms with van der Waals surface area (Å²) in [7, 11) is 3.99. The van der Waals surface area contributed by atoms with Gasteiger partial charge in [0.25, 0.3) is 0 Å². The molecule has 0 bridgehead atoms. The summed E-state index contributed by atoms with van der Waals surface area (Å²) in [5.41, 5.74) is 2.32. The number of anilines is 1. The lowest BCUT2D eigenvalue weighted by atomic mass is 10.1. The van der Waals surface area contributed by atoms with Crippen LogP contribution in [-0.2, 0) is 16.0 Å². The molecule has 0 aliphatic carbocycles. The third kappa shape index (κ3) is 7.49. The first-order valence-electron chi connectivity index (χ1n) is 9.74. The molecule has 2 amide bonds. The zero-order valence-corrected chi connectivity index (χ0v) is 17.9. The van der Waals surface area contributed by atoms with Gasteiger partial charge in [-0.2, -0.15) is 0 Å². The van der Waals surface area contributed by atoms with E-state index >= 15 is 0 Å². The topological polar surface area (TPSA) is 70.7 Å². The molecule has 0 saturated carbocycles. The molecule has 6 nitrogen and oxygen atoms in total. The normalized spacial score (nSPS) is 12.0. The van der Waals surface area contributed by atoms with Crippen LogP contribution in [0, 0.1) is 0 Å². The molecule has 156 valence electrons. The summed E-state index contributed by atoms with van der Waals surface area (Å²) in [5, 5.41) is 5.60. The van der Waals surface area contributed by atoms with Gasteiger partial charge in [0.15, 0.2) is 0 Å². The minimum absolute atomic E-state index is 0.271. The number of nitrogens with one attached hydrogen (secondary N) is 2. The van der Waals surface area contributed by atoms with Gasteiger partial charge in [-0.1, -0.05) is 42.5 Å². The Balaban J connectivity index is 1.99. The van der Waals surface area contributed by atoms with Crippen LogP contribution in [0.15, 0.2) is 54.6 Å². The second-order valence-corrected chi connectivity index (χ2v) is 8.09. The van der Waals surface area contributed by atoms with Gasteiger partial charge in [0.2, 0.25) is 5.91 Å². The highest BCUT2D eigenvalue weighted by atomic mass is 16.6. The van der Waals surface area contributed by atoms with Gasteiger partial charge < -0.3 is 20.3 Å². The number of ether oxygens (including phenoxy) is 1. The average Bonchev–Trinajstić information content (AvgIpc) is 2.65. The molecule has 6 heteroatoms. The van der Waals surface area contributed by atoms with E-state index in [2.05, 4.69) is 22.8 Å². The van der Waals surface area contributed by atoms with Crippen molar-refractivity contribution in [3.8, 4) is 0 Å². The lowest BCUT2D eigenvalue weighted by Crippen LogP contribution is -2.43. The Morgan fingerprint density at radius 2 is 1.62 bits per heavy atom. The summed E-state index contributed by atoms with van der Waals surface area (Å²) in [6.07, 6.45) is 0.0775. The zero-order chi connectivity index (χ0) is 21.4. The van der Waals surface area contributed by atoms with Crippen LogP contribution >= 0.6 is 0 Å². The van der Waals surface area contributed by atoms with Crippen LogP contribution in [0.25, 0.3) is 0 Å². The maximum absolute atomic E-state index is 12.8. The van der Waals surface area contributed by atoms with E-state index in [1.54, 1.807) is 20.8 Å². The number of hydrogen-bond acceptors (Lipinski definition) is 4. The molecule has 2 rings (SSSR count). The van der Waals surface area contributed by atoms with E-state index in [4.69, 9.17) is 4.74 Å². The fourth-order valence-corrected chi connectivity index (χ4v) is 2.76. The molecule has 0 radical (unpaired) electrons. The van der Waals surface area contributed by atoms with E-state index in [0.29, 0.717) is 18.5 Å². The first-order chi connectivity index (χ1) is 13.7. The molecule has 0 fully saturated rings. The van der Waals surface area contributed by atoms with Crippen molar-refractivity contribution in [3.63, 3.8) is 0 Å². The van der Waals surface area contributed by atoms with E-state index in [1.807, 2.05) is 61.5 Å². The predicted molar refractivity (Wildman–Crippen MR) is 116 cm³/mol. The molecule has 2 aromatic rings. The van der Waals surface area contributed by atoms with Crippen molar-refractivity contribution < 1.29 is 14.3 Å². The lowest BCUT2D eigenvalue weighted by Gasteiger charge is -2.23. The largest absolute Gasteiger partial charge is 0.444 e. The Bertz CT molecular complexity index is 796. The van der Waals surface area contributed by atoms with E-state index in [9.17, 15) is 9.59 Å². The van der Waals surface area contributed by atoms with Gasteiger partial charge in [0.1, 0.15) is 11.6 Å². The molecule has 2 aromatic carbocycles. The Kier molecular flexibility index (Phi) is 7.65. The molecule has 1 unspecified atom stereocenters. The highest BCUT2D eigenvalue weighted by molar-refractivity contribution is 5.86. The van der Waals surface area contributed by atoms with Gasteiger partial charge >= 0.3 is 6.09 Å². The van der Waals surface area contributed by atoms with Crippen molar-refractivity contribution in [2.24, 2.45) is 0 Å². The third-order valence-electron chi connectivity index (χ3n) is 4.22. The molecule has 0 spiro atoms. The van der Waals surface area contributed by atoms with Gasteiger partial charge in [0, 0.05) is 26.3 Å². The van der Waals surface area contributed by atoms with Gasteiger partial charge in [0.05, 0.1) is 0 Å². The van der Waals surface area contributed by atoms with Crippen molar-refractivity contribution in [1.82, 2.24) is 10.6 Å². The van der Waals surface area contributed by atoms with Crippen molar-refractivity contribution in [3.05, 3.63) is 65.7 Å². The van der Waals surface area contributed by atoms with Gasteiger partial charge in [-0.25, -0.2) is 4.79 Å². The fraction of sp³-hybridized carbons (Fsp3) is 0.391. The standard InChI is InChI=1S/C23H31N3O3/c1-23(2,3)29-22(28)25-20(18-9-7-6-8-10-18)21(27)24-16-15-17-11-13-19(14-12-17)26(4)5/h6-14,20H,15-16H2,1-5H3,(H,24,27)(H,25,28). The molecule has 0 aliphatic heterocycles. The number of carbonyl (C=O) groups is 2. The smallest absolute Gasteiger partial charge is 0.408 e. The van der Waals surface area contributed by atoms with E-state index in [-0.39, 0.29) is 5.91 Å². The van der Waals surface area contributed by atoms with Gasteiger partial charge in [-0.05, 0) is 50.5 Å². The second-order valence-electron chi connectivity index (χ2n) is 8.09. The van der Waals surface area contributed by atoms with Crippen molar-refractivity contribution in [2.45, 2.75) is 38.8 Å². The van der Waals surface area contributed by atoms with E-state index in [1.165, 1.54) is 0 Å². The number of carbonyl (C=O) groups excluding carboxylic acids is 2. The molecule has 0 aromatic heterocycles. The second kappa shape index (κ2) is 9.96. The highest BCUT2D eigenvalue weighted by Crippen LogP contribution is 2.16. The van der Waals surface area contributed by atoms with Crippen LogP contribution in [0.2, 0.25) is 0 Å². The third-order valence-corrected chi connectivity index (χ3v) is 4.22. The molecule has 29 heavy (non-hydrogen) atoms. The van der Waals surface area contributed by atoms with Crippen molar-refractivity contribution in [1.29, 1.82) is 0 Å². The Morgan fingerprint density at radius 3 is 2.17 bits per heavy atom. The van der Waals surface area contributed by atoms with Crippen molar-refractivity contribution in [2.75, 3.05) is 25.5 Å². The quantitative estimate of drug-likeness (QED) is 0.748. The van der Waals surface area contributed by atoms with Crippen molar-refractivity contribution >= 4 is 17.7 Å². The van der Waals surface area contributed by atoms with E-state index < -0.39 is 17.7 Å². The lowest BCUT2D eigenvalue weighted by molar-refractivity contribution is -0.123. The summed E-state index contributed by atoms with van der Waals surface area (Å²) in [6, 6.07) is 16.5. The van der Waals surface area contributed by atoms with Crippen LogP contribution in [-0.4, -0.2) is 38.2 Å². The number of amides is 2. The summed E-state index contributed by atoms with van der Waals surface area (Å²) in [6.45, 7) is 5.82. The molecular formula is C23H31N3O3. The first kappa shape index (κ1) is 22.3. The molecule has 0 saturated heterocycles. The number of nitrogens with zero attached hydrogens (tertiary/aromatic N) is 1. The minimum Gasteiger partial charge on any atom is -0.444 e. The Morgan fingerprint density at radius 1 is 1.00 bits per heavy atom. The maximum Gasteiger partial charge on any atom is 0.408 e. The first-order valence-corrected chi connectivity index (χ1v) is 9.74. The summed E-state index contributed by atoms with van der Waals surface area (Å²) < 4.78 is 5.31. The Labute approximate surface area is 173 Å². The predicted octanol–water partition coefficient (Wildman–Crippen LogP) is 3.68. The molecule has 0 heterocycles. The number of benzene rings is 2. The minimum atomic E-state index is -0.817. The highest BCUT2D eigenvalue weighted by Gasteiger charge is 2.25. The molecule has 0 aliphatic rings. The summed E-state index contributed by atoms with van der Waals surface area (Å²) >= 11 is 0. The Hall–Kier alpha value is -3.02. The molecule has 2 N–H and O–H groups in total. The number of rotatable bonds is 7. The van der Waals surface area contributed by atoms with Gasteiger partial charge in [-0.15, -0.1) is 0 Å². The SMILES string of the molecule is CN(C)c1ccc(CCNC(=O)C(NC(=O)OC(C)(C)C)c2ccccc2)cc1. The molecular weight excluding hydrogens is 366 g/mol. The van der Waals surface area contributed by atoms with Gasteiger partial charge in [-0.3, -0.25) is 4.79 Å². The van der Waals surface area contributed by atoms with Crippen LogP contribution in [0.5, 0.6) is 0 Å². The monoisotopic (exact) mass is 397 g/mol. The number of hydrogen-bond donors (Lipinski definition) is 2. The maximum atomic E-state index is 12.8. The number of alkyl carbamates (subject to hydrolysis) is 1. The zero-order valence-electron chi connectivity index (χ0n) is 17.9. The van der Waals surface area contributed by atoms with Crippen LogP contribution in [0.1, 0.15) is 37.9 Å². The van der Waals surface area contributed by atoms with Crippen LogP contribution in [0.4, 0.5) is 10.5 Å².